The molecule has 3 amide bonds. The maximum absolute atomic E-state index is 12.6. The highest BCUT2D eigenvalue weighted by Gasteiger charge is 2.21. The van der Waals surface area contributed by atoms with Gasteiger partial charge < -0.3 is 19.5 Å². The molecule has 2 aromatic rings. The molecule has 0 saturated carbocycles. The van der Waals surface area contributed by atoms with E-state index >= 15 is 0 Å². The van der Waals surface area contributed by atoms with E-state index in [1.807, 2.05) is 6.07 Å². The average Bonchev–Trinajstić information content (AvgIpc) is 3.32. The number of nitrogens with one attached hydrogen (secondary N) is 1. The monoisotopic (exact) mass is 369 g/mol. The molecule has 142 valence electrons. The summed E-state index contributed by atoms with van der Waals surface area (Å²) in [6.45, 7) is 1.50. The molecule has 1 saturated heterocycles. The number of hydrogen-bond donors (Lipinski definition) is 1. The van der Waals surface area contributed by atoms with Crippen LogP contribution in [0.1, 0.15) is 34.5 Å². The van der Waals surface area contributed by atoms with Gasteiger partial charge in [-0.25, -0.2) is 0 Å². The van der Waals surface area contributed by atoms with Crippen LogP contribution in [-0.2, 0) is 22.7 Å². The Morgan fingerprint density at radius 3 is 2.81 bits per heavy atom. The number of benzene rings is 1. The molecular formula is C20H23N3O4. The van der Waals surface area contributed by atoms with Crippen molar-refractivity contribution >= 4 is 17.7 Å². The zero-order valence-electron chi connectivity index (χ0n) is 15.3. The lowest BCUT2D eigenvalue weighted by molar-refractivity contribution is -0.128. The Kier molecular flexibility index (Phi) is 5.90. The molecule has 3 rings (SSSR count). The Morgan fingerprint density at radius 1 is 1.26 bits per heavy atom. The van der Waals surface area contributed by atoms with Crippen molar-refractivity contribution in [1.29, 1.82) is 0 Å². The molecule has 0 unspecified atom stereocenters. The highest BCUT2D eigenvalue weighted by Crippen LogP contribution is 2.16. The van der Waals surface area contributed by atoms with Crippen LogP contribution in [0.3, 0.4) is 0 Å². The molecule has 0 bridgehead atoms. The van der Waals surface area contributed by atoms with Crippen LogP contribution in [0.25, 0.3) is 0 Å². The Balaban J connectivity index is 1.55. The molecule has 0 aliphatic carbocycles. The quantitative estimate of drug-likeness (QED) is 0.807. The first-order chi connectivity index (χ1) is 13.0. The zero-order chi connectivity index (χ0) is 19.2. The molecule has 1 fully saturated rings. The lowest BCUT2D eigenvalue weighted by Gasteiger charge is -2.18. The number of hydrogen-bond acceptors (Lipinski definition) is 4. The van der Waals surface area contributed by atoms with Crippen LogP contribution in [0, 0.1) is 0 Å². The minimum Gasteiger partial charge on any atom is -0.467 e. The third kappa shape index (κ3) is 4.97. The largest absolute Gasteiger partial charge is 0.467 e. The van der Waals surface area contributed by atoms with Crippen molar-refractivity contribution in [3.05, 3.63) is 59.5 Å². The van der Waals surface area contributed by atoms with Crippen molar-refractivity contribution in [2.24, 2.45) is 0 Å². The van der Waals surface area contributed by atoms with Crippen molar-refractivity contribution < 1.29 is 18.8 Å². The molecular weight excluding hydrogens is 346 g/mol. The van der Waals surface area contributed by atoms with Gasteiger partial charge in [-0.05, 0) is 36.2 Å². The summed E-state index contributed by atoms with van der Waals surface area (Å²) in [4.78, 5) is 39.6. The smallest absolute Gasteiger partial charge is 0.254 e. The minimum absolute atomic E-state index is 0.0472. The minimum atomic E-state index is -0.263. The summed E-state index contributed by atoms with van der Waals surface area (Å²) in [7, 11) is 1.59. The van der Waals surface area contributed by atoms with Gasteiger partial charge in [0.05, 0.1) is 19.4 Å². The fourth-order valence-electron chi connectivity index (χ4n) is 3.06. The first-order valence-electron chi connectivity index (χ1n) is 8.94. The maximum atomic E-state index is 12.6. The molecule has 1 aromatic heterocycles. The molecule has 1 aliphatic heterocycles. The highest BCUT2D eigenvalue weighted by molar-refractivity contribution is 5.96. The Labute approximate surface area is 157 Å². The second-order valence-corrected chi connectivity index (χ2v) is 6.64. The van der Waals surface area contributed by atoms with Crippen molar-refractivity contribution in [2.75, 3.05) is 20.1 Å². The summed E-state index contributed by atoms with van der Waals surface area (Å²) in [6.07, 6.45) is 3.02. The number of carbonyl (C=O) groups is 3. The summed E-state index contributed by atoms with van der Waals surface area (Å²) in [5.41, 5.74) is 1.41. The number of furan rings is 1. The molecule has 1 N–H and O–H groups in total. The summed E-state index contributed by atoms with van der Waals surface area (Å²) >= 11 is 0. The molecule has 27 heavy (non-hydrogen) atoms. The standard InChI is InChI=1S/C20H23N3O4/c1-22(14-18(24)21-12-17-7-4-10-27-17)20(26)16-6-2-5-15(11-16)13-23-9-3-8-19(23)25/h2,4-7,10-11H,3,8-9,12-14H2,1H3,(H,21,24). The van der Waals surface area contributed by atoms with Crippen LogP contribution in [0.5, 0.6) is 0 Å². The SMILES string of the molecule is CN(CC(=O)NCc1ccco1)C(=O)c1cccc(CN2CCCC2=O)c1. The molecule has 0 atom stereocenters. The lowest BCUT2D eigenvalue weighted by atomic mass is 10.1. The molecule has 7 heteroatoms. The van der Waals surface area contributed by atoms with E-state index in [1.54, 1.807) is 48.5 Å². The Bertz CT molecular complexity index is 816. The van der Waals surface area contributed by atoms with Crippen molar-refractivity contribution in [1.82, 2.24) is 15.1 Å². The van der Waals surface area contributed by atoms with E-state index in [1.165, 1.54) is 4.90 Å². The van der Waals surface area contributed by atoms with Gasteiger partial charge in [0.2, 0.25) is 11.8 Å². The van der Waals surface area contributed by atoms with Gasteiger partial charge in [0.15, 0.2) is 0 Å². The van der Waals surface area contributed by atoms with E-state index in [0.29, 0.717) is 24.3 Å². The van der Waals surface area contributed by atoms with Gasteiger partial charge in [-0.15, -0.1) is 0 Å². The number of amides is 3. The van der Waals surface area contributed by atoms with Crippen LogP contribution in [0.15, 0.2) is 47.1 Å². The first-order valence-corrected chi connectivity index (χ1v) is 8.94. The van der Waals surface area contributed by atoms with Crippen LogP contribution < -0.4 is 5.32 Å². The number of likely N-dealkylation sites (tertiary alicyclic amines) is 1. The van der Waals surface area contributed by atoms with Crippen LogP contribution in [0.2, 0.25) is 0 Å². The average molecular weight is 369 g/mol. The predicted molar refractivity (Wildman–Crippen MR) is 98.6 cm³/mol. The normalized spacial score (nSPS) is 13.7. The molecule has 0 radical (unpaired) electrons. The van der Waals surface area contributed by atoms with Crippen LogP contribution in [-0.4, -0.2) is 47.7 Å². The van der Waals surface area contributed by atoms with E-state index in [9.17, 15) is 14.4 Å². The topological polar surface area (TPSA) is 82.9 Å². The van der Waals surface area contributed by atoms with Crippen molar-refractivity contribution in [3.63, 3.8) is 0 Å². The highest BCUT2D eigenvalue weighted by atomic mass is 16.3. The zero-order valence-corrected chi connectivity index (χ0v) is 15.3. The molecule has 1 aromatic carbocycles. The number of rotatable bonds is 7. The Morgan fingerprint density at radius 2 is 2.11 bits per heavy atom. The number of nitrogens with zero attached hydrogens (tertiary/aromatic N) is 2. The van der Waals surface area contributed by atoms with Crippen LogP contribution >= 0.6 is 0 Å². The summed E-state index contributed by atoms with van der Waals surface area (Å²) < 4.78 is 5.16. The molecule has 2 heterocycles. The van der Waals surface area contributed by atoms with Crippen molar-refractivity contribution in [2.45, 2.75) is 25.9 Å². The van der Waals surface area contributed by atoms with Gasteiger partial charge in [0.25, 0.3) is 5.91 Å². The van der Waals surface area contributed by atoms with Gasteiger partial charge in [-0.2, -0.15) is 0 Å². The molecule has 7 nitrogen and oxygen atoms in total. The van der Waals surface area contributed by atoms with E-state index in [-0.39, 0.29) is 30.8 Å². The Hall–Kier alpha value is -3.09. The van der Waals surface area contributed by atoms with Gasteiger partial charge >= 0.3 is 0 Å². The second-order valence-electron chi connectivity index (χ2n) is 6.64. The predicted octanol–water partition coefficient (Wildman–Crippen LogP) is 1.79. The number of carbonyl (C=O) groups excluding carboxylic acids is 3. The summed E-state index contributed by atoms with van der Waals surface area (Å²) in [5, 5.41) is 2.72. The molecule has 0 spiro atoms. The third-order valence-corrected chi connectivity index (χ3v) is 4.49. The van der Waals surface area contributed by atoms with Crippen LogP contribution in [0.4, 0.5) is 0 Å². The van der Waals surface area contributed by atoms with E-state index < -0.39 is 0 Å². The molecule has 1 aliphatic rings. The van der Waals surface area contributed by atoms with Gasteiger partial charge in [0, 0.05) is 32.1 Å². The summed E-state index contributed by atoms with van der Waals surface area (Å²) in [6, 6.07) is 10.7. The second kappa shape index (κ2) is 8.53. The van der Waals surface area contributed by atoms with E-state index in [0.717, 1.165) is 18.5 Å². The number of likely N-dealkylation sites (N-methyl/N-ethyl adjacent to an activating group) is 1. The van der Waals surface area contributed by atoms with E-state index in [4.69, 9.17) is 4.42 Å². The van der Waals surface area contributed by atoms with Gasteiger partial charge in [-0.1, -0.05) is 12.1 Å². The summed E-state index contributed by atoms with van der Waals surface area (Å²) in [5.74, 6) is 0.303. The maximum Gasteiger partial charge on any atom is 0.254 e. The van der Waals surface area contributed by atoms with E-state index in [2.05, 4.69) is 5.32 Å². The fourth-order valence-corrected chi connectivity index (χ4v) is 3.06. The van der Waals surface area contributed by atoms with Gasteiger partial charge in [0.1, 0.15) is 5.76 Å². The fraction of sp³-hybridized carbons (Fsp3) is 0.350. The third-order valence-electron chi connectivity index (χ3n) is 4.49. The first kappa shape index (κ1) is 18.7. The van der Waals surface area contributed by atoms with Gasteiger partial charge in [-0.3, -0.25) is 14.4 Å². The lowest BCUT2D eigenvalue weighted by Crippen LogP contribution is -2.38. The van der Waals surface area contributed by atoms with Crippen molar-refractivity contribution in [3.8, 4) is 0 Å².